The lowest BCUT2D eigenvalue weighted by Gasteiger charge is -2.38. The van der Waals surface area contributed by atoms with Crippen molar-refractivity contribution in [3.8, 4) is 45.3 Å². The lowest BCUT2D eigenvalue weighted by molar-refractivity contribution is 0.592. The van der Waals surface area contributed by atoms with Crippen LogP contribution in [0.15, 0.2) is 176 Å². The third-order valence-corrected chi connectivity index (χ3v) is 14.0. The van der Waals surface area contributed by atoms with Gasteiger partial charge in [-0.2, -0.15) is 0 Å². The van der Waals surface area contributed by atoms with E-state index in [0.29, 0.717) is 17.5 Å². The molecule has 0 radical (unpaired) electrons. The van der Waals surface area contributed by atoms with Crippen LogP contribution in [0.25, 0.3) is 45.3 Å². The third kappa shape index (κ3) is 4.93. The van der Waals surface area contributed by atoms with Crippen molar-refractivity contribution in [1.82, 2.24) is 15.0 Å². The van der Waals surface area contributed by atoms with E-state index in [0.717, 1.165) is 66.4 Å². The maximum atomic E-state index is 16.0. The minimum Gasteiger partial charge on any atom is -0.309 e. The summed E-state index contributed by atoms with van der Waals surface area (Å²) >= 11 is 0. The molecule has 2 heterocycles. The monoisotopic (exact) mass is 714 g/mol. The van der Waals surface area contributed by atoms with E-state index in [4.69, 9.17) is 15.0 Å². The Morgan fingerprint density at radius 1 is 0.463 bits per heavy atom. The van der Waals surface area contributed by atoms with Gasteiger partial charge >= 0.3 is 0 Å². The highest BCUT2D eigenvalue weighted by Gasteiger charge is 2.45. The van der Waals surface area contributed by atoms with Gasteiger partial charge in [0.05, 0.1) is 11.4 Å². The summed E-state index contributed by atoms with van der Waals surface area (Å²) in [6.07, 6.45) is 0. The Labute approximate surface area is 315 Å². The van der Waals surface area contributed by atoms with Crippen molar-refractivity contribution in [2.75, 3.05) is 4.90 Å². The highest BCUT2D eigenvalue weighted by atomic mass is 31.2. The second-order valence-electron chi connectivity index (χ2n) is 14.4. The fourth-order valence-electron chi connectivity index (χ4n) is 8.22. The summed E-state index contributed by atoms with van der Waals surface area (Å²) in [4.78, 5) is 17.3. The SMILES string of the molecule is CC1(C)c2cc(-c3nc(-c4ccccc4)nc(-c4ccccc4)n3)ccc2-c2cc3c(cc21)P(=O)(c1ccccc1)c1ccccc1N3c1ccccc1. The Kier molecular flexibility index (Phi) is 7.37. The molecule has 0 bridgehead atoms. The van der Waals surface area contributed by atoms with Crippen LogP contribution in [0.5, 0.6) is 0 Å². The second-order valence-corrected chi connectivity index (χ2v) is 17.1. The van der Waals surface area contributed by atoms with Crippen LogP contribution in [0.1, 0.15) is 25.0 Å². The lowest BCUT2D eigenvalue weighted by Crippen LogP contribution is -2.37. The molecule has 1 aliphatic heterocycles. The summed E-state index contributed by atoms with van der Waals surface area (Å²) in [5, 5.41) is 2.54. The second kappa shape index (κ2) is 12.3. The van der Waals surface area contributed by atoms with E-state index in [1.807, 2.05) is 115 Å². The van der Waals surface area contributed by atoms with Crippen LogP contribution in [0, 0.1) is 0 Å². The highest BCUT2D eigenvalue weighted by molar-refractivity contribution is 7.86. The molecule has 0 fully saturated rings. The Bertz CT molecular complexity index is 2710. The van der Waals surface area contributed by atoms with E-state index < -0.39 is 12.6 Å². The van der Waals surface area contributed by atoms with Gasteiger partial charge in [-0.25, -0.2) is 15.0 Å². The fourth-order valence-corrected chi connectivity index (χ4v) is 11.2. The number of anilines is 3. The van der Waals surface area contributed by atoms with Crippen molar-refractivity contribution in [2.45, 2.75) is 19.3 Å². The number of hydrogen-bond acceptors (Lipinski definition) is 5. The minimum atomic E-state index is -3.28. The molecule has 0 spiro atoms. The van der Waals surface area contributed by atoms with Gasteiger partial charge in [-0.1, -0.05) is 147 Å². The molecule has 2 aliphatic rings. The van der Waals surface area contributed by atoms with Crippen LogP contribution in [-0.2, 0) is 9.98 Å². The molecule has 54 heavy (non-hydrogen) atoms. The van der Waals surface area contributed by atoms with Crippen LogP contribution >= 0.6 is 7.14 Å². The van der Waals surface area contributed by atoms with Gasteiger partial charge in [0.15, 0.2) is 24.6 Å². The zero-order chi connectivity index (χ0) is 36.4. The quantitative estimate of drug-likeness (QED) is 0.166. The molecule has 7 aromatic carbocycles. The highest BCUT2D eigenvalue weighted by Crippen LogP contribution is 2.58. The molecule has 10 rings (SSSR count). The van der Waals surface area contributed by atoms with Crippen LogP contribution < -0.4 is 20.8 Å². The number of para-hydroxylation sites is 2. The van der Waals surface area contributed by atoms with E-state index in [2.05, 4.69) is 79.4 Å². The number of benzene rings is 7. The maximum absolute atomic E-state index is 16.0. The van der Waals surface area contributed by atoms with Gasteiger partial charge in [0, 0.05) is 43.7 Å². The van der Waals surface area contributed by atoms with Crippen LogP contribution in [0.2, 0.25) is 0 Å². The minimum absolute atomic E-state index is 0.399. The largest absolute Gasteiger partial charge is 0.309 e. The van der Waals surface area contributed by atoms with Gasteiger partial charge in [-0.15, -0.1) is 0 Å². The topological polar surface area (TPSA) is 59.0 Å². The Morgan fingerprint density at radius 2 is 0.981 bits per heavy atom. The van der Waals surface area contributed by atoms with E-state index in [1.165, 1.54) is 5.56 Å². The predicted molar refractivity (Wildman–Crippen MR) is 221 cm³/mol. The normalized spacial score (nSPS) is 16.2. The van der Waals surface area contributed by atoms with Crippen LogP contribution in [0.3, 0.4) is 0 Å². The molecular formula is C48H35N4OP. The van der Waals surface area contributed by atoms with E-state index in [1.54, 1.807) is 0 Å². The van der Waals surface area contributed by atoms with Crippen LogP contribution in [0.4, 0.5) is 17.1 Å². The molecule has 6 heteroatoms. The number of nitrogens with zero attached hydrogens (tertiary/aromatic N) is 4. The standard InChI is InChI=1S/C48H35N4OP/c1-48(2)39-29-34(47-50-45(32-17-7-3-8-18-32)49-46(51-47)33-19-9-4-10-20-33)27-28-37(39)38-30-42-44(31-40(38)48)54(53,36-23-13-6-14-24-36)43-26-16-15-25-41(43)52(42)35-21-11-5-12-22-35/h3-31H,1-2H3. The number of aromatic nitrogens is 3. The number of hydrogen-bond donors (Lipinski definition) is 0. The first kappa shape index (κ1) is 32.2. The van der Waals surface area contributed by atoms with E-state index in [9.17, 15) is 0 Å². The van der Waals surface area contributed by atoms with Gasteiger partial charge in [0.1, 0.15) is 0 Å². The number of rotatable bonds is 5. The summed E-state index contributed by atoms with van der Waals surface area (Å²) in [6.45, 7) is 4.54. The zero-order valence-corrected chi connectivity index (χ0v) is 30.8. The van der Waals surface area contributed by atoms with Gasteiger partial charge in [-0.3, -0.25) is 0 Å². The first-order chi connectivity index (χ1) is 26.4. The smallest absolute Gasteiger partial charge is 0.175 e. The Hall–Kier alpha value is -6.42. The molecule has 1 aliphatic carbocycles. The summed E-state index contributed by atoms with van der Waals surface area (Å²) < 4.78 is 16.0. The van der Waals surface area contributed by atoms with Crippen molar-refractivity contribution in [3.63, 3.8) is 0 Å². The van der Waals surface area contributed by atoms with Crippen molar-refractivity contribution in [3.05, 3.63) is 187 Å². The molecule has 258 valence electrons. The zero-order valence-electron chi connectivity index (χ0n) is 29.9. The first-order valence-corrected chi connectivity index (χ1v) is 19.9. The van der Waals surface area contributed by atoms with Crippen molar-refractivity contribution in [2.24, 2.45) is 0 Å². The van der Waals surface area contributed by atoms with E-state index in [-0.39, 0.29) is 0 Å². The average molecular weight is 715 g/mol. The molecule has 1 unspecified atom stereocenters. The molecule has 1 aromatic heterocycles. The maximum Gasteiger partial charge on any atom is 0.175 e. The van der Waals surface area contributed by atoms with Crippen molar-refractivity contribution >= 4 is 40.1 Å². The summed E-state index contributed by atoms with van der Waals surface area (Å²) in [5.41, 5.74) is 9.93. The summed E-state index contributed by atoms with van der Waals surface area (Å²) in [5.74, 6) is 1.88. The molecule has 0 saturated heterocycles. The van der Waals surface area contributed by atoms with Gasteiger partial charge < -0.3 is 9.46 Å². The third-order valence-electron chi connectivity index (χ3n) is 10.9. The van der Waals surface area contributed by atoms with Crippen LogP contribution in [-0.4, -0.2) is 15.0 Å². The van der Waals surface area contributed by atoms with E-state index >= 15 is 4.57 Å². The lowest BCUT2D eigenvalue weighted by atomic mass is 9.82. The summed E-state index contributed by atoms with van der Waals surface area (Å²) in [6, 6.07) is 59.8. The molecule has 1 atom stereocenters. The first-order valence-electron chi connectivity index (χ1n) is 18.2. The summed E-state index contributed by atoms with van der Waals surface area (Å²) in [7, 11) is -3.28. The molecule has 5 nitrogen and oxygen atoms in total. The average Bonchev–Trinajstić information content (AvgIpc) is 3.46. The van der Waals surface area contributed by atoms with Crippen molar-refractivity contribution in [1.29, 1.82) is 0 Å². The van der Waals surface area contributed by atoms with Crippen molar-refractivity contribution < 1.29 is 4.57 Å². The molecule has 0 amide bonds. The molecule has 0 N–H and O–H groups in total. The Morgan fingerprint density at radius 3 is 1.61 bits per heavy atom. The molecular weight excluding hydrogens is 680 g/mol. The Balaban J connectivity index is 1.18. The number of fused-ring (bicyclic) bond motifs is 5. The van der Waals surface area contributed by atoms with Gasteiger partial charge in [0.2, 0.25) is 0 Å². The van der Waals surface area contributed by atoms with Gasteiger partial charge in [0.25, 0.3) is 0 Å². The molecule has 0 saturated carbocycles. The predicted octanol–water partition coefficient (Wildman–Crippen LogP) is 10.6. The fraction of sp³-hybridized carbons (Fsp3) is 0.0625. The van der Waals surface area contributed by atoms with Gasteiger partial charge in [-0.05, 0) is 64.7 Å². The molecule has 8 aromatic rings.